The molecule has 0 radical (unpaired) electrons. The van der Waals surface area contributed by atoms with E-state index in [1.807, 2.05) is 0 Å². The number of benzene rings is 1. The van der Waals surface area contributed by atoms with Gasteiger partial charge in [-0.3, -0.25) is 4.79 Å². The Bertz CT molecular complexity index is 776. The van der Waals surface area contributed by atoms with Crippen molar-refractivity contribution < 1.29 is 17.6 Å². The number of hydrogen-bond acceptors (Lipinski definition) is 6. The highest BCUT2D eigenvalue weighted by molar-refractivity contribution is 7.92. The molecule has 21 heavy (non-hydrogen) atoms. The van der Waals surface area contributed by atoms with Crippen LogP contribution in [-0.2, 0) is 10.0 Å². The molecule has 0 aliphatic heterocycles. The van der Waals surface area contributed by atoms with E-state index in [-0.39, 0.29) is 22.6 Å². The van der Waals surface area contributed by atoms with Crippen molar-refractivity contribution in [3.05, 3.63) is 35.7 Å². The van der Waals surface area contributed by atoms with Crippen molar-refractivity contribution in [3.63, 3.8) is 0 Å². The van der Waals surface area contributed by atoms with Crippen molar-refractivity contribution in [2.24, 2.45) is 0 Å². The summed E-state index contributed by atoms with van der Waals surface area (Å²) in [6.07, 6.45) is 1.97. The third kappa shape index (κ3) is 2.94. The Kier molecular flexibility index (Phi) is 3.25. The third-order valence-corrected chi connectivity index (χ3v) is 4.50. The van der Waals surface area contributed by atoms with Crippen molar-refractivity contribution in [2.45, 2.75) is 30.6 Å². The Morgan fingerprint density at radius 1 is 1.24 bits per heavy atom. The molecule has 110 valence electrons. The van der Waals surface area contributed by atoms with Crippen LogP contribution < -0.4 is 4.72 Å². The predicted molar refractivity (Wildman–Crippen MR) is 73.5 cm³/mol. The first-order valence-corrected chi connectivity index (χ1v) is 7.91. The van der Waals surface area contributed by atoms with Gasteiger partial charge in [0.2, 0.25) is 5.89 Å². The van der Waals surface area contributed by atoms with Crippen LogP contribution in [0.25, 0.3) is 0 Å². The van der Waals surface area contributed by atoms with E-state index >= 15 is 0 Å². The quantitative estimate of drug-likeness (QED) is 0.847. The Morgan fingerprint density at radius 2 is 1.90 bits per heavy atom. The maximum absolute atomic E-state index is 12.2. The smallest absolute Gasteiger partial charge is 0.329 e. The van der Waals surface area contributed by atoms with E-state index < -0.39 is 10.0 Å². The second kappa shape index (κ2) is 4.96. The number of carbonyl (C=O) groups is 1. The van der Waals surface area contributed by atoms with Crippen molar-refractivity contribution in [1.29, 1.82) is 0 Å². The molecule has 0 atom stereocenters. The topological polar surface area (TPSA) is 102 Å². The molecule has 2 aromatic rings. The minimum atomic E-state index is -3.81. The van der Waals surface area contributed by atoms with Gasteiger partial charge in [-0.1, -0.05) is 17.2 Å². The van der Waals surface area contributed by atoms with Gasteiger partial charge in [0.25, 0.3) is 10.0 Å². The van der Waals surface area contributed by atoms with Gasteiger partial charge in [0, 0.05) is 11.5 Å². The lowest BCUT2D eigenvalue weighted by atomic mass is 10.2. The molecule has 0 unspecified atom stereocenters. The highest BCUT2D eigenvalue weighted by atomic mass is 32.2. The number of ketones is 1. The minimum absolute atomic E-state index is 0.0265. The van der Waals surface area contributed by atoms with E-state index in [2.05, 4.69) is 14.9 Å². The van der Waals surface area contributed by atoms with Gasteiger partial charge in [-0.05, 0) is 31.9 Å². The van der Waals surface area contributed by atoms with E-state index in [4.69, 9.17) is 4.42 Å². The van der Waals surface area contributed by atoms with Gasteiger partial charge >= 0.3 is 6.01 Å². The fourth-order valence-electron chi connectivity index (χ4n) is 1.81. The number of anilines is 1. The molecule has 0 bridgehead atoms. The van der Waals surface area contributed by atoms with Crippen molar-refractivity contribution in [3.8, 4) is 0 Å². The molecule has 1 aliphatic rings. The maximum atomic E-state index is 12.2. The van der Waals surface area contributed by atoms with Crippen LogP contribution in [0.15, 0.2) is 33.6 Å². The largest absolute Gasteiger partial charge is 0.407 e. The van der Waals surface area contributed by atoms with Gasteiger partial charge in [0.15, 0.2) is 5.78 Å². The number of hydrogen-bond donors (Lipinski definition) is 1. The molecular formula is C13H13N3O4S. The van der Waals surface area contributed by atoms with E-state index in [1.54, 1.807) is 0 Å². The molecule has 0 saturated heterocycles. The molecule has 0 spiro atoms. The predicted octanol–water partition coefficient (Wildman–Crippen LogP) is 1.95. The number of rotatable bonds is 5. The first-order chi connectivity index (χ1) is 9.95. The lowest BCUT2D eigenvalue weighted by Gasteiger charge is -2.04. The molecule has 8 heteroatoms. The van der Waals surface area contributed by atoms with Crippen molar-refractivity contribution in [2.75, 3.05) is 4.72 Å². The number of aromatic nitrogens is 2. The van der Waals surface area contributed by atoms with Crippen LogP contribution in [0.4, 0.5) is 6.01 Å². The summed E-state index contributed by atoms with van der Waals surface area (Å²) >= 11 is 0. The van der Waals surface area contributed by atoms with E-state index in [0.29, 0.717) is 11.5 Å². The summed E-state index contributed by atoms with van der Waals surface area (Å²) in [4.78, 5) is 11.2. The number of sulfonamides is 1. The Hall–Kier alpha value is -2.22. The fourth-order valence-corrected chi connectivity index (χ4v) is 2.74. The third-order valence-electron chi connectivity index (χ3n) is 3.16. The lowest BCUT2D eigenvalue weighted by Crippen LogP contribution is -2.13. The standard InChI is InChI=1S/C13H13N3O4S/c1-8(17)9-4-6-11(7-5-9)21(18,19)16-13-15-14-12(20-13)10-2-3-10/h4-7,10H,2-3H2,1H3,(H,15,16). The molecule has 1 saturated carbocycles. The molecule has 0 amide bonds. The van der Waals surface area contributed by atoms with Gasteiger partial charge in [-0.2, -0.15) is 0 Å². The van der Waals surface area contributed by atoms with Gasteiger partial charge in [-0.25, -0.2) is 13.1 Å². The van der Waals surface area contributed by atoms with Crippen LogP contribution in [0.3, 0.4) is 0 Å². The number of nitrogens with one attached hydrogen (secondary N) is 1. The number of Topliss-reactive ketones (excluding diaryl/α,β-unsaturated/α-hetero) is 1. The summed E-state index contributed by atoms with van der Waals surface area (Å²) in [5.41, 5.74) is 0.447. The highest BCUT2D eigenvalue weighted by Crippen LogP contribution is 2.39. The zero-order valence-electron chi connectivity index (χ0n) is 11.2. The van der Waals surface area contributed by atoms with Gasteiger partial charge < -0.3 is 4.42 Å². The second-order valence-corrected chi connectivity index (χ2v) is 6.59. The van der Waals surface area contributed by atoms with Crippen LogP contribution in [0.5, 0.6) is 0 Å². The Morgan fingerprint density at radius 3 is 2.48 bits per heavy atom. The van der Waals surface area contributed by atoms with Crippen LogP contribution in [0, 0.1) is 0 Å². The van der Waals surface area contributed by atoms with Gasteiger partial charge in [0.05, 0.1) is 4.90 Å². The van der Waals surface area contributed by atoms with Crippen LogP contribution in [0.1, 0.15) is 41.9 Å². The summed E-state index contributed by atoms with van der Waals surface area (Å²) in [5, 5.41) is 7.48. The second-order valence-electron chi connectivity index (χ2n) is 4.91. The fraction of sp³-hybridized carbons (Fsp3) is 0.308. The van der Waals surface area contributed by atoms with Crippen LogP contribution in [-0.4, -0.2) is 24.4 Å². The summed E-state index contributed by atoms with van der Waals surface area (Å²) in [5.74, 6) is 0.586. The number of nitrogens with zero attached hydrogens (tertiary/aromatic N) is 2. The van der Waals surface area contributed by atoms with Crippen molar-refractivity contribution in [1.82, 2.24) is 10.2 Å². The van der Waals surface area contributed by atoms with Gasteiger partial charge in [0.1, 0.15) is 0 Å². The molecule has 1 fully saturated rings. The molecule has 1 aromatic heterocycles. The zero-order chi connectivity index (χ0) is 15.0. The number of carbonyl (C=O) groups excluding carboxylic acids is 1. The first-order valence-electron chi connectivity index (χ1n) is 6.43. The molecule has 3 rings (SSSR count). The first kappa shape index (κ1) is 13.7. The van der Waals surface area contributed by atoms with Gasteiger partial charge in [-0.15, -0.1) is 5.10 Å². The average Bonchev–Trinajstić information content (AvgIpc) is 3.20. The van der Waals surface area contributed by atoms with E-state index in [9.17, 15) is 13.2 Å². The van der Waals surface area contributed by atoms with Crippen LogP contribution in [0.2, 0.25) is 0 Å². The SMILES string of the molecule is CC(=O)c1ccc(S(=O)(=O)Nc2nnc(C3CC3)o2)cc1. The maximum Gasteiger partial charge on any atom is 0.329 e. The normalized spacial score (nSPS) is 14.9. The molecule has 1 heterocycles. The summed E-state index contributed by atoms with van der Waals surface area (Å²) in [7, 11) is -3.81. The summed E-state index contributed by atoms with van der Waals surface area (Å²) in [6, 6.07) is 5.49. The van der Waals surface area contributed by atoms with E-state index in [0.717, 1.165) is 12.8 Å². The highest BCUT2D eigenvalue weighted by Gasteiger charge is 2.30. The Labute approximate surface area is 121 Å². The van der Waals surface area contributed by atoms with E-state index in [1.165, 1.54) is 31.2 Å². The molecule has 1 aliphatic carbocycles. The average molecular weight is 307 g/mol. The summed E-state index contributed by atoms with van der Waals surface area (Å²) in [6.45, 7) is 1.42. The zero-order valence-corrected chi connectivity index (χ0v) is 12.1. The summed E-state index contributed by atoms with van der Waals surface area (Å²) < 4.78 is 31.8. The lowest BCUT2D eigenvalue weighted by molar-refractivity contribution is 0.101. The molecule has 1 N–H and O–H groups in total. The van der Waals surface area contributed by atoms with Crippen LogP contribution >= 0.6 is 0 Å². The monoisotopic (exact) mass is 307 g/mol. The Balaban J connectivity index is 1.80. The molecular weight excluding hydrogens is 294 g/mol. The van der Waals surface area contributed by atoms with Crippen molar-refractivity contribution >= 4 is 21.8 Å². The molecule has 7 nitrogen and oxygen atoms in total. The minimum Gasteiger partial charge on any atom is -0.407 e. The molecule has 1 aromatic carbocycles.